The molecule has 0 aliphatic carbocycles. The smallest absolute Gasteiger partial charge is 0.129 e. The van der Waals surface area contributed by atoms with Crippen molar-refractivity contribution in [1.82, 2.24) is 24.8 Å². The fourth-order valence-electron chi connectivity index (χ4n) is 4.71. The maximum atomic E-state index is 5.30. The van der Waals surface area contributed by atoms with Crippen molar-refractivity contribution in [1.29, 1.82) is 0 Å². The number of benzene rings is 1. The van der Waals surface area contributed by atoms with Crippen molar-refractivity contribution in [3.63, 3.8) is 0 Å². The molecule has 0 unspecified atom stereocenters. The largest absolute Gasteiger partial charge is 0.497 e. The van der Waals surface area contributed by atoms with Gasteiger partial charge in [-0.1, -0.05) is 6.07 Å². The normalized spacial score (nSPS) is 18.5. The van der Waals surface area contributed by atoms with Crippen LogP contribution in [0.25, 0.3) is 11.3 Å². The maximum Gasteiger partial charge on any atom is 0.129 e. The highest BCUT2D eigenvalue weighted by Gasteiger charge is 2.41. The van der Waals surface area contributed by atoms with Gasteiger partial charge in [0.15, 0.2) is 0 Å². The number of hydrogen-bond acceptors (Lipinski definition) is 5. The molecule has 0 atom stereocenters. The lowest BCUT2D eigenvalue weighted by Gasteiger charge is -2.44. The van der Waals surface area contributed by atoms with Crippen LogP contribution in [0, 0.1) is 0 Å². The molecule has 4 heterocycles. The van der Waals surface area contributed by atoms with E-state index >= 15 is 0 Å². The molecule has 2 aliphatic rings. The fourth-order valence-corrected chi connectivity index (χ4v) is 4.71. The van der Waals surface area contributed by atoms with E-state index in [-0.39, 0.29) is 5.54 Å². The third-order valence-electron chi connectivity index (χ3n) is 6.31. The zero-order valence-corrected chi connectivity index (χ0v) is 16.8. The Balaban J connectivity index is 1.35. The van der Waals surface area contributed by atoms with Crippen LogP contribution in [0.15, 0.2) is 55.0 Å². The molecule has 29 heavy (non-hydrogen) atoms. The summed E-state index contributed by atoms with van der Waals surface area (Å²) in [5, 5.41) is 3.82. The summed E-state index contributed by atoms with van der Waals surface area (Å²) >= 11 is 0. The van der Waals surface area contributed by atoms with Gasteiger partial charge in [0.25, 0.3) is 0 Å². The molecule has 1 spiro atoms. The highest BCUT2D eigenvalue weighted by Crippen LogP contribution is 2.37. The van der Waals surface area contributed by atoms with E-state index in [2.05, 4.69) is 38.0 Å². The monoisotopic (exact) mass is 389 g/mol. The number of piperidine rings is 1. The first-order valence-electron chi connectivity index (χ1n) is 10.3. The van der Waals surface area contributed by atoms with Gasteiger partial charge in [-0.15, -0.1) is 0 Å². The Labute approximate surface area is 171 Å². The predicted molar refractivity (Wildman–Crippen MR) is 113 cm³/mol. The molecule has 1 saturated heterocycles. The van der Waals surface area contributed by atoms with E-state index in [4.69, 9.17) is 9.72 Å². The molecule has 5 rings (SSSR count). The molecule has 1 aromatic carbocycles. The Bertz CT molecular complexity index is 959. The summed E-state index contributed by atoms with van der Waals surface area (Å²) in [6.45, 7) is 5.03. The van der Waals surface area contributed by atoms with Crippen LogP contribution in [-0.2, 0) is 18.6 Å². The van der Waals surface area contributed by atoms with Crippen molar-refractivity contribution in [3.8, 4) is 17.0 Å². The number of fused-ring (bicyclic) bond motifs is 2. The average molecular weight is 390 g/mol. The van der Waals surface area contributed by atoms with E-state index in [1.807, 2.05) is 36.8 Å². The van der Waals surface area contributed by atoms with Gasteiger partial charge >= 0.3 is 0 Å². The molecule has 1 N–H and O–H groups in total. The number of hydrogen-bond donors (Lipinski definition) is 1. The summed E-state index contributed by atoms with van der Waals surface area (Å²) in [7, 11) is 1.70. The van der Waals surface area contributed by atoms with Crippen molar-refractivity contribution < 1.29 is 4.74 Å². The Kier molecular flexibility index (Phi) is 4.81. The standard InChI is InChI=1S/C23H27N5O/c1-29-20-6-4-19(5-7-20)21-16-25-22-23(26-11-14-28(21)22)8-12-27(13-9-23)17-18-3-2-10-24-15-18/h2-7,10,15-16,26H,8-9,11-14,17H2,1H3. The minimum absolute atomic E-state index is 0.0194. The molecule has 1 fully saturated rings. The van der Waals surface area contributed by atoms with Crippen molar-refractivity contribution in [2.24, 2.45) is 0 Å². The molecule has 0 radical (unpaired) electrons. The van der Waals surface area contributed by atoms with E-state index < -0.39 is 0 Å². The summed E-state index contributed by atoms with van der Waals surface area (Å²) in [6.07, 6.45) is 7.99. The van der Waals surface area contributed by atoms with Crippen LogP contribution >= 0.6 is 0 Å². The van der Waals surface area contributed by atoms with E-state index in [9.17, 15) is 0 Å². The van der Waals surface area contributed by atoms with Crippen LogP contribution in [-0.4, -0.2) is 46.2 Å². The number of imidazole rings is 1. The van der Waals surface area contributed by atoms with Gasteiger partial charge in [0.2, 0.25) is 0 Å². The van der Waals surface area contributed by atoms with Gasteiger partial charge in [-0.3, -0.25) is 9.88 Å². The molecule has 150 valence electrons. The zero-order chi connectivity index (χ0) is 19.7. The Morgan fingerprint density at radius 2 is 1.90 bits per heavy atom. The number of likely N-dealkylation sites (tertiary alicyclic amines) is 1. The quantitative estimate of drug-likeness (QED) is 0.743. The zero-order valence-electron chi connectivity index (χ0n) is 16.8. The number of nitrogens with one attached hydrogen (secondary N) is 1. The molecule has 2 aliphatic heterocycles. The second kappa shape index (κ2) is 7.61. The third-order valence-corrected chi connectivity index (χ3v) is 6.31. The van der Waals surface area contributed by atoms with Gasteiger partial charge in [-0.25, -0.2) is 4.98 Å². The summed E-state index contributed by atoms with van der Waals surface area (Å²) in [4.78, 5) is 11.7. The van der Waals surface area contributed by atoms with Gasteiger partial charge in [-0.2, -0.15) is 0 Å². The minimum atomic E-state index is -0.0194. The van der Waals surface area contributed by atoms with Crippen LogP contribution in [0.2, 0.25) is 0 Å². The first-order valence-corrected chi connectivity index (χ1v) is 10.3. The second-order valence-electron chi connectivity index (χ2n) is 7.99. The van der Waals surface area contributed by atoms with Crippen LogP contribution in [0.4, 0.5) is 0 Å². The second-order valence-corrected chi connectivity index (χ2v) is 7.99. The lowest BCUT2D eigenvalue weighted by molar-refractivity contribution is 0.109. The number of rotatable bonds is 4. The van der Waals surface area contributed by atoms with Crippen LogP contribution < -0.4 is 10.1 Å². The minimum Gasteiger partial charge on any atom is -0.497 e. The van der Waals surface area contributed by atoms with E-state index in [1.165, 1.54) is 22.6 Å². The molecular formula is C23H27N5O. The maximum absolute atomic E-state index is 5.30. The van der Waals surface area contributed by atoms with E-state index in [0.29, 0.717) is 0 Å². The fraction of sp³-hybridized carbons (Fsp3) is 0.391. The SMILES string of the molecule is COc1ccc(-c2cnc3n2CCNC32CCN(Cc3cccnc3)CC2)cc1. The molecule has 0 bridgehead atoms. The number of nitrogens with zero attached hydrogens (tertiary/aromatic N) is 4. The number of ether oxygens (including phenoxy) is 1. The van der Waals surface area contributed by atoms with Crippen LogP contribution in [0.1, 0.15) is 24.2 Å². The van der Waals surface area contributed by atoms with Crippen LogP contribution in [0.5, 0.6) is 5.75 Å². The highest BCUT2D eigenvalue weighted by molar-refractivity contribution is 5.61. The van der Waals surface area contributed by atoms with E-state index in [1.54, 1.807) is 7.11 Å². The molecular weight excluding hydrogens is 362 g/mol. The highest BCUT2D eigenvalue weighted by atomic mass is 16.5. The van der Waals surface area contributed by atoms with Crippen molar-refractivity contribution >= 4 is 0 Å². The van der Waals surface area contributed by atoms with Gasteiger partial charge in [0.1, 0.15) is 11.6 Å². The van der Waals surface area contributed by atoms with Crippen LogP contribution in [0.3, 0.4) is 0 Å². The van der Waals surface area contributed by atoms with Crippen molar-refractivity contribution in [3.05, 3.63) is 66.4 Å². The molecule has 3 aromatic rings. The summed E-state index contributed by atoms with van der Waals surface area (Å²) in [6, 6.07) is 12.4. The van der Waals surface area contributed by atoms with Gasteiger partial charge < -0.3 is 14.6 Å². The molecule has 0 amide bonds. The molecule has 2 aromatic heterocycles. The lowest BCUT2D eigenvalue weighted by Crippen LogP contribution is -2.55. The Morgan fingerprint density at radius 1 is 1.07 bits per heavy atom. The summed E-state index contributed by atoms with van der Waals surface area (Å²) < 4.78 is 7.71. The van der Waals surface area contributed by atoms with E-state index in [0.717, 1.165) is 51.3 Å². The number of methoxy groups -OCH3 is 1. The first-order chi connectivity index (χ1) is 14.3. The van der Waals surface area contributed by atoms with Gasteiger partial charge in [-0.05, 0) is 48.7 Å². The number of pyridine rings is 1. The lowest BCUT2D eigenvalue weighted by atomic mass is 9.85. The predicted octanol–water partition coefficient (Wildman–Crippen LogP) is 3.05. The Morgan fingerprint density at radius 3 is 2.62 bits per heavy atom. The molecule has 6 heteroatoms. The van der Waals surface area contributed by atoms with Gasteiger partial charge in [0, 0.05) is 50.7 Å². The number of aromatic nitrogens is 3. The molecule has 0 saturated carbocycles. The summed E-state index contributed by atoms with van der Waals surface area (Å²) in [5.41, 5.74) is 3.65. The molecule has 6 nitrogen and oxygen atoms in total. The topological polar surface area (TPSA) is 55.2 Å². The van der Waals surface area contributed by atoms with Gasteiger partial charge in [0.05, 0.1) is 24.5 Å². The third kappa shape index (κ3) is 3.43. The first kappa shape index (κ1) is 18.3. The Hall–Kier alpha value is -2.70. The van der Waals surface area contributed by atoms with Crippen molar-refractivity contribution in [2.45, 2.75) is 31.5 Å². The average Bonchev–Trinajstić information content (AvgIpc) is 3.22. The van der Waals surface area contributed by atoms with Crippen molar-refractivity contribution in [2.75, 3.05) is 26.7 Å². The summed E-state index contributed by atoms with van der Waals surface area (Å²) in [5.74, 6) is 2.07.